The molecule has 0 saturated carbocycles. The minimum atomic E-state index is -0.159. The Hall–Kier alpha value is -1.42. The lowest BCUT2D eigenvalue weighted by molar-refractivity contribution is 0.918. The van der Waals surface area contributed by atoms with Crippen molar-refractivity contribution in [2.45, 2.75) is 19.2 Å². The lowest BCUT2D eigenvalue weighted by Gasteiger charge is -1.98. The average Bonchev–Trinajstić information content (AvgIpc) is 2.67. The molecule has 15 heavy (non-hydrogen) atoms. The summed E-state index contributed by atoms with van der Waals surface area (Å²) in [7, 11) is 0. The van der Waals surface area contributed by atoms with Gasteiger partial charge in [0.05, 0.1) is 5.38 Å². The maximum absolute atomic E-state index is 5.90. The Morgan fingerprint density at radius 3 is 2.87 bits per heavy atom. The number of nitrogens with zero attached hydrogens (tertiary/aromatic N) is 3. The predicted octanol–water partition coefficient (Wildman–Crippen LogP) is 2.47. The van der Waals surface area contributed by atoms with Crippen molar-refractivity contribution in [3.05, 3.63) is 29.8 Å². The van der Waals surface area contributed by atoms with Gasteiger partial charge < -0.3 is 0 Å². The van der Waals surface area contributed by atoms with Gasteiger partial charge in [-0.1, -0.05) is 0 Å². The van der Waals surface area contributed by atoms with Crippen LogP contribution in [0.15, 0.2) is 18.5 Å². The van der Waals surface area contributed by atoms with E-state index in [1.807, 2.05) is 19.9 Å². The van der Waals surface area contributed by atoms with Gasteiger partial charge in [0.15, 0.2) is 5.82 Å². The van der Waals surface area contributed by atoms with Gasteiger partial charge in [0, 0.05) is 18.0 Å². The molecule has 0 radical (unpaired) electrons. The summed E-state index contributed by atoms with van der Waals surface area (Å²) in [5, 5.41) is 6.78. The first kappa shape index (κ1) is 10.1. The Bertz CT molecular complexity index is 464. The van der Waals surface area contributed by atoms with Crippen LogP contribution in [0.3, 0.4) is 0 Å². The number of aromatic amines is 1. The highest BCUT2D eigenvalue weighted by atomic mass is 35.5. The third kappa shape index (κ3) is 1.99. The topological polar surface area (TPSA) is 54.5 Å². The van der Waals surface area contributed by atoms with E-state index < -0.39 is 0 Å². The third-order valence-corrected chi connectivity index (χ3v) is 2.35. The van der Waals surface area contributed by atoms with Crippen molar-refractivity contribution in [1.82, 2.24) is 20.2 Å². The van der Waals surface area contributed by atoms with E-state index in [1.54, 1.807) is 12.4 Å². The number of aryl methyl sites for hydroxylation is 1. The second-order valence-corrected chi connectivity index (χ2v) is 4.01. The molecule has 2 aromatic rings. The van der Waals surface area contributed by atoms with Gasteiger partial charge in [0.25, 0.3) is 0 Å². The van der Waals surface area contributed by atoms with Crippen molar-refractivity contribution in [1.29, 1.82) is 0 Å². The van der Waals surface area contributed by atoms with Crippen molar-refractivity contribution in [3.63, 3.8) is 0 Å². The number of hydrogen-bond donors (Lipinski definition) is 1. The van der Waals surface area contributed by atoms with E-state index >= 15 is 0 Å². The highest BCUT2D eigenvalue weighted by Crippen LogP contribution is 2.21. The Morgan fingerprint density at radius 1 is 1.47 bits per heavy atom. The zero-order valence-corrected chi connectivity index (χ0v) is 9.28. The van der Waals surface area contributed by atoms with Gasteiger partial charge in [0.2, 0.25) is 0 Å². The second kappa shape index (κ2) is 3.98. The smallest absolute Gasteiger partial charge is 0.181 e. The number of alkyl halides is 1. The fraction of sp³-hybridized carbons (Fsp3) is 0.300. The zero-order valence-electron chi connectivity index (χ0n) is 8.53. The molecule has 0 bridgehead atoms. The summed E-state index contributed by atoms with van der Waals surface area (Å²) in [5.41, 5.74) is 2.02. The fourth-order valence-electron chi connectivity index (χ4n) is 1.30. The van der Waals surface area contributed by atoms with E-state index in [9.17, 15) is 0 Å². The minimum absolute atomic E-state index is 0.159. The van der Waals surface area contributed by atoms with E-state index in [0.717, 1.165) is 11.1 Å². The molecule has 2 aromatic heterocycles. The molecule has 1 atom stereocenters. The van der Waals surface area contributed by atoms with E-state index in [4.69, 9.17) is 11.6 Å². The van der Waals surface area contributed by atoms with Gasteiger partial charge in [0.1, 0.15) is 5.82 Å². The lowest BCUT2D eigenvalue weighted by atomic mass is 10.1. The fourth-order valence-corrected chi connectivity index (χ4v) is 1.39. The first-order valence-electron chi connectivity index (χ1n) is 4.66. The summed E-state index contributed by atoms with van der Waals surface area (Å²) in [6.07, 6.45) is 3.51. The third-order valence-electron chi connectivity index (χ3n) is 2.14. The van der Waals surface area contributed by atoms with Crippen LogP contribution in [0.5, 0.6) is 0 Å². The standard InChI is InChI=1S/C10H11ClN4/c1-6-5-12-4-3-8(6)10-13-9(7(2)11)14-15-10/h3-5,7H,1-2H3,(H,13,14,15). The van der Waals surface area contributed by atoms with Crippen LogP contribution in [-0.2, 0) is 0 Å². The molecule has 1 N–H and O–H groups in total. The van der Waals surface area contributed by atoms with Crippen LogP contribution in [0.4, 0.5) is 0 Å². The van der Waals surface area contributed by atoms with Crippen LogP contribution in [-0.4, -0.2) is 20.2 Å². The molecule has 0 aliphatic carbocycles. The molecule has 2 rings (SSSR count). The summed E-state index contributed by atoms with van der Waals surface area (Å²) >= 11 is 5.90. The molecule has 0 saturated heterocycles. The van der Waals surface area contributed by atoms with Crippen molar-refractivity contribution in [3.8, 4) is 11.4 Å². The average molecular weight is 223 g/mol. The monoisotopic (exact) mass is 222 g/mol. The molecular formula is C10H11ClN4. The summed E-state index contributed by atoms with van der Waals surface area (Å²) in [5.74, 6) is 1.35. The predicted molar refractivity (Wildman–Crippen MR) is 58.6 cm³/mol. The normalized spacial score (nSPS) is 12.7. The molecule has 0 amide bonds. The largest absolute Gasteiger partial charge is 0.264 e. The Kier molecular flexibility index (Phi) is 2.68. The molecule has 0 aliphatic rings. The van der Waals surface area contributed by atoms with Gasteiger partial charge >= 0.3 is 0 Å². The van der Waals surface area contributed by atoms with Crippen LogP contribution < -0.4 is 0 Å². The van der Waals surface area contributed by atoms with Crippen molar-refractivity contribution >= 4 is 11.6 Å². The van der Waals surface area contributed by atoms with Crippen molar-refractivity contribution < 1.29 is 0 Å². The zero-order chi connectivity index (χ0) is 10.8. The van der Waals surface area contributed by atoms with Crippen LogP contribution in [0.25, 0.3) is 11.4 Å². The van der Waals surface area contributed by atoms with Crippen LogP contribution in [0.2, 0.25) is 0 Å². The molecule has 0 aromatic carbocycles. The molecule has 0 aliphatic heterocycles. The number of pyridine rings is 1. The number of hydrogen-bond acceptors (Lipinski definition) is 3. The number of H-pyrrole nitrogens is 1. The van der Waals surface area contributed by atoms with E-state index in [1.165, 1.54) is 0 Å². The maximum Gasteiger partial charge on any atom is 0.181 e. The van der Waals surface area contributed by atoms with Gasteiger partial charge in [-0.05, 0) is 25.5 Å². The molecular weight excluding hydrogens is 212 g/mol. The van der Waals surface area contributed by atoms with Crippen LogP contribution in [0, 0.1) is 6.92 Å². The summed E-state index contributed by atoms with van der Waals surface area (Å²) in [4.78, 5) is 8.33. The summed E-state index contributed by atoms with van der Waals surface area (Å²) in [6, 6.07) is 1.89. The molecule has 78 valence electrons. The van der Waals surface area contributed by atoms with Gasteiger partial charge in [-0.15, -0.1) is 11.6 Å². The number of rotatable bonds is 2. The van der Waals surface area contributed by atoms with Gasteiger partial charge in [-0.3, -0.25) is 10.1 Å². The molecule has 1 unspecified atom stereocenters. The summed E-state index contributed by atoms with van der Waals surface area (Å²) in [6.45, 7) is 3.83. The van der Waals surface area contributed by atoms with Crippen LogP contribution in [0.1, 0.15) is 23.7 Å². The number of aromatic nitrogens is 4. The highest BCUT2D eigenvalue weighted by molar-refractivity contribution is 6.20. The van der Waals surface area contributed by atoms with E-state index in [-0.39, 0.29) is 5.38 Å². The summed E-state index contributed by atoms with van der Waals surface area (Å²) < 4.78 is 0. The lowest BCUT2D eigenvalue weighted by Crippen LogP contribution is -1.88. The first-order valence-corrected chi connectivity index (χ1v) is 5.09. The Labute approximate surface area is 92.7 Å². The number of halogens is 1. The van der Waals surface area contributed by atoms with Crippen molar-refractivity contribution in [2.75, 3.05) is 0 Å². The quantitative estimate of drug-likeness (QED) is 0.795. The van der Waals surface area contributed by atoms with E-state index in [2.05, 4.69) is 20.2 Å². The SMILES string of the molecule is Cc1cnccc1-c1n[nH]c(C(C)Cl)n1. The molecule has 0 fully saturated rings. The van der Waals surface area contributed by atoms with Crippen molar-refractivity contribution in [2.24, 2.45) is 0 Å². The molecule has 5 heteroatoms. The van der Waals surface area contributed by atoms with Gasteiger partial charge in [-0.2, -0.15) is 5.10 Å². The molecule has 0 spiro atoms. The first-order chi connectivity index (χ1) is 7.18. The van der Waals surface area contributed by atoms with Gasteiger partial charge in [-0.25, -0.2) is 4.98 Å². The second-order valence-electron chi connectivity index (χ2n) is 3.35. The highest BCUT2D eigenvalue weighted by Gasteiger charge is 2.10. The Morgan fingerprint density at radius 2 is 2.27 bits per heavy atom. The van der Waals surface area contributed by atoms with E-state index in [0.29, 0.717) is 11.6 Å². The molecule has 4 nitrogen and oxygen atoms in total. The maximum atomic E-state index is 5.90. The van der Waals surface area contributed by atoms with Crippen LogP contribution >= 0.6 is 11.6 Å². The molecule has 2 heterocycles. The number of nitrogens with one attached hydrogen (secondary N) is 1. The Balaban J connectivity index is 2.42. The minimum Gasteiger partial charge on any atom is -0.264 e.